The fourth-order valence-electron chi connectivity index (χ4n) is 2.71. The van der Waals surface area contributed by atoms with Crippen LogP contribution in [0.2, 0.25) is 0 Å². The van der Waals surface area contributed by atoms with E-state index >= 15 is 0 Å². The zero-order chi connectivity index (χ0) is 15.2. The zero-order valence-corrected chi connectivity index (χ0v) is 14.1. The third-order valence-electron chi connectivity index (χ3n) is 3.58. The van der Waals surface area contributed by atoms with Gasteiger partial charge in [-0.1, -0.05) is 20.3 Å². The highest BCUT2D eigenvalue weighted by Crippen LogP contribution is 2.25. The van der Waals surface area contributed by atoms with E-state index in [-0.39, 0.29) is 5.54 Å². The van der Waals surface area contributed by atoms with Gasteiger partial charge in [0.1, 0.15) is 0 Å². The van der Waals surface area contributed by atoms with Gasteiger partial charge in [0.25, 0.3) is 0 Å². The monoisotopic (exact) mass is 280 g/mol. The Balaban J connectivity index is 2.55. The van der Waals surface area contributed by atoms with Gasteiger partial charge < -0.3 is 14.6 Å². The van der Waals surface area contributed by atoms with E-state index in [1.54, 1.807) is 6.26 Å². The van der Waals surface area contributed by atoms with Crippen molar-refractivity contribution >= 4 is 0 Å². The first-order valence-corrected chi connectivity index (χ1v) is 7.69. The molecule has 0 saturated carbocycles. The highest BCUT2D eigenvalue weighted by molar-refractivity contribution is 5.04. The van der Waals surface area contributed by atoms with Gasteiger partial charge in [-0.25, -0.2) is 0 Å². The smallest absolute Gasteiger partial charge is 0.0947 e. The first kappa shape index (κ1) is 17.3. The first-order valence-electron chi connectivity index (χ1n) is 7.69. The largest absolute Gasteiger partial charge is 0.472 e. The summed E-state index contributed by atoms with van der Waals surface area (Å²) >= 11 is 0. The second kappa shape index (κ2) is 7.28. The van der Waals surface area contributed by atoms with Crippen LogP contribution in [-0.4, -0.2) is 30.6 Å². The van der Waals surface area contributed by atoms with Gasteiger partial charge >= 0.3 is 0 Å². The van der Waals surface area contributed by atoms with Crippen molar-refractivity contribution in [1.82, 2.24) is 10.2 Å². The van der Waals surface area contributed by atoms with Crippen LogP contribution < -0.4 is 5.32 Å². The van der Waals surface area contributed by atoms with Gasteiger partial charge in [0.2, 0.25) is 0 Å². The lowest BCUT2D eigenvalue weighted by atomic mass is 9.84. The Morgan fingerprint density at radius 3 is 2.45 bits per heavy atom. The molecule has 1 heterocycles. The number of nitrogens with zero attached hydrogens (tertiary/aromatic N) is 1. The van der Waals surface area contributed by atoms with E-state index in [4.69, 9.17) is 4.42 Å². The van der Waals surface area contributed by atoms with E-state index in [0.717, 1.165) is 19.6 Å². The van der Waals surface area contributed by atoms with E-state index in [1.807, 2.05) is 12.3 Å². The number of nitrogens with one attached hydrogen (secondary N) is 1. The van der Waals surface area contributed by atoms with Gasteiger partial charge in [0, 0.05) is 30.7 Å². The van der Waals surface area contributed by atoms with Crippen LogP contribution in [0.15, 0.2) is 23.0 Å². The number of hydrogen-bond donors (Lipinski definition) is 1. The Hall–Kier alpha value is -0.800. The number of hydrogen-bond acceptors (Lipinski definition) is 3. The minimum absolute atomic E-state index is 0.179. The van der Waals surface area contributed by atoms with Crippen molar-refractivity contribution in [1.29, 1.82) is 0 Å². The summed E-state index contributed by atoms with van der Waals surface area (Å²) in [5, 5.41) is 3.67. The molecule has 3 nitrogen and oxygen atoms in total. The molecule has 0 saturated heterocycles. The molecular weight excluding hydrogens is 248 g/mol. The minimum Gasteiger partial charge on any atom is -0.472 e. The fraction of sp³-hybridized carbons (Fsp3) is 0.765. The molecule has 116 valence electrons. The van der Waals surface area contributed by atoms with Crippen molar-refractivity contribution in [3.8, 4) is 0 Å². The van der Waals surface area contributed by atoms with Crippen LogP contribution in [0.5, 0.6) is 0 Å². The van der Waals surface area contributed by atoms with E-state index in [0.29, 0.717) is 5.41 Å². The molecule has 0 amide bonds. The van der Waals surface area contributed by atoms with Gasteiger partial charge in [0.15, 0.2) is 0 Å². The molecule has 0 aliphatic rings. The van der Waals surface area contributed by atoms with Gasteiger partial charge in [-0.15, -0.1) is 0 Å². The van der Waals surface area contributed by atoms with Gasteiger partial charge in [-0.05, 0) is 45.7 Å². The van der Waals surface area contributed by atoms with Crippen LogP contribution in [0, 0.1) is 5.41 Å². The lowest BCUT2D eigenvalue weighted by Gasteiger charge is -2.36. The summed E-state index contributed by atoms with van der Waals surface area (Å²) in [6.45, 7) is 14.4. The predicted octanol–water partition coefficient (Wildman–Crippen LogP) is 3.91. The topological polar surface area (TPSA) is 28.4 Å². The van der Waals surface area contributed by atoms with E-state index in [2.05, 4.69) is 51.9 Å². The molecule has 0 spiro atoms. The average Bonchev–Trinajstić information content (AvgIpc) is 2.78. The molecule has 1 N–H and O–H groups in total. The quantitative estimate of drug-likeness (QED) is 0.782. The molecule has 1 rings (SSSR count). The fourth-order valence-corrected chi connectivity index (χ4v) is 2.71. The summed E-state index contributed by atoms with van der Waals surface area (Å²) in [5.41, 5.74) is 1.73. The van der Waals surface area contributed by atoms with Crippen LogP contribution in [0.4, 0.5) is 0 Å². The third-order valence-corrected chi connectivity index (χ3v) is 3.58. The maximum Gasteiger partial charge on any atom is 0.0947 e. The average molecular weight is 280 g/mol. The number of rotatable bonds is 8. The maximum atomic E-state index is 5.15. The van der Waals surface area contributed by atoms with Crippen LogP contribution >= 0.6 is 0 Å². The molecule has 0 aliphatic heterocycles. The highest BCUT2D eigenvalue weighted by atomic mass is 16.3. The van der Waals surface area contributed by atoms with Crippen molar-refractivity contribution in [3.63, 3.8) is 0 Å². The molecule has 1 atom stereocenters. The summed E-state index contributed by atoms with van der Waals surface area (Å²) in [5.74, 6) is 0. The summed E-state index contributed by atoms with van der Waals surface area (Å²) in [7, 11) is 2.19. The molecule has 1 aromatic heterocycles. The summed E-state index contributed by atoms with van der Waals surface area (Å²) in [4.78, 5) is 2.39. The van der Waals surface area contributed by atoms with Crippen LogP contribution in [0.25, 0.3) is 0 Å². The molecule has 20 heavy (non-hydrogen) atoms. The van der Waals surface area contributed by atoms with E-state index in [9.17, 15) is 0 Å². The standard InChI is InChI=1S/C17H32N2O/c1-7-9-17(5,13-18-16(2,3)4)14-19(6)11-15-8-10-20-12-15/h8,10,12,18H,7,9,11,13-14H2,1-6H3. The van der Waals surface area contributed by atoms with Crippen molar-refractivity contribution in [2.24, 2.45) is 5.41 Å². The second-order valence-corrected chi connectivity index (χ2v) is 7.47. The van der Waals surface area contributed by atoms with E-state index < -0.39 is 0 Å². The van der Waals surface area contributed by atoms with Gasteiger partial charge in [-0.3, -0.25) is 0 Å². The molecule has 0 aliphatic carbocycles. The minimum atomic E-state index is 0.179. The molecule has 0 fully saturated rings. The van der Waals surface area contributed by atoms with Crippen LogP contribution in [0.1, 0.15) is 53.0 Å². The Morgan fingerprint density at radius 2 is 1.95 bits per heavy atom. The Morgan fingerprint density at radius 1 is 1.25 bits per heavy atom. The van der Waals surface area contributed by atoms with Crippen LogP contribution in [-0.2, 0) is 6.54 Å². The maximum absolute atomic E-state index is 5.15. The second-order valence-electron chi connectivity index (χ2n) is 7.47. The van der Waals surface area contributed by atoms with E-state index in [1.165, 1.54) is 18.4 Å². The normalized spacial score (nSPS) is 15.6. The van der Waals surface area contributed by atoms with Gasteiger partial charge in [0.05, 0.1) is 12.5 Å². The summed E-state index contributed by atoms with van der Waals surface area (Å²) in [6, 6.07) is 2.04. The highest BCUT2D eigenvalue weighted by Gasteiger charge is 2.26. The molecule has 0 radical (unpaired) electrons. The van der Waals surface area contributed by atoms with Crippen molar-refractivity contribution < 1.29 is 4.42 Å². The molecule has 1 aromatic rings. The predicted molar refractivity (Wildman–Crippen MR) is 85.8 cm³/mol. The molecule has 0 bridgehead atoms. The van der Waals surface area contributed by atoms with Crippen molar-refractivity contribution in [2.75, 3.05) is 20.1 Å². The van der Waals surface area contributed by atoms with Crippen molar-refractivity contribution in [2.45, 2.75) is 59.5 Å². The molecule has 0 aromatic carbocycles. The Kier molecular flexibility index (Phi) is 6.28. The van der Waals surface area contributed by atoms with Crippen molar-refractivity contribution in [3.05, 3.63) is 24.2 Å². The Labute approximate surface area is 124 Å². The van der Waals surface area contributed by atoms with Gasteiger partial charge in [-0.2, -0.15) is 0 Å². The molecule has 1 unspecified atom stereocenters. The third kappa shape index (κ3) is 6.58. The lowest BCUT2D eigenvalue weighted by Crippen LogP contribution is -2.46. The summed E-state index contributed by atoms with van der Waals surface area (Å²) < 4.78 is 5.15. The Bertz CT molecular complexity index is 367. The number of furan rings is 1. The SMILES string of the molecule is CCCC(C)(CNC(C)(C)C)CN(C)Cc1ccoc1. The zero-order valence-electron chi connectivity index (χ0n) is 14.1. The molecule has 3 heteroatoms. The lowest BCUT2D eigenvalue weighted by molar-refractivity contribution is 0.157. The first-order chi connectivity index (χ1) is 9.24. The van der Waals surface area contributed by atoms with Crippen LogP contribution in [0.3, 0.4) is 0 Å². The molecular formula is C17H32N2O. The summed E-state index contributed by atoms with van der Waals surface area (Å²) in [6.07, 6.45) is 6.05.